The zero-order valence-corrected chi connectivity index (χ0v) is 17.5. The number of hydrogen-bond donors (Lipinski definition) is 2. The molecule has 0 atom stereocenters. The summed E-state index contributed by atoms with van der Waals surface area (Å²) in [6.07, 6.45) is 4.48. The highest BCUT2D eigenvalue weighted by Gasteiger charge is 2.47. The number of thiazole rings is 1. The van der Waals surface area contributed by atoms with Crippen LogP contribution in [-0.2, 0) is 22.4 Å². The first-order valence-electron chi connectivity index (χ1n) is 9.76. The Morgan fingerprint density at radius 2 is 1.93 bits per heavy atom. The molecule has 3 aromatic rings. The van der Waals surface area contributed by atoms with Gasteiger partial charge < -0.3 is 10.8 Å². The average Bonchev–Trinajstić information content (AvgIpc) is 3.31. The summed E-state index contributed by atoms with van der Waals surface area (Å²) in [5.41, 5.74) is 8.44. The zero-order valence-electron chi connectivity index (χ0n) is 16.7. The fourth-order valence-corrected chi connectivity index (χ4v) is 5.13. The molecule has 7 heteroatoms. The Kier molecular flexibility index (Phi) is 5.40. The molecular formula is C23H23N3O3S. The van der Waals surface area contributed by atoms with Crippen LogP contribution in [0, 0.1) is 5.41 Å². The van der Waals surface area contributed by atoms with Crippen LogP contribution in [0.25, 0.3) is 16.3 Å². The van der Waals surface area contributed by atoms with Crippen LogP contribution in [0.4, 0.5) is 5.13 Å². The van der Waals surface area contributed by atoms with E-state index in [1.54, 1.807) is 7.05 Å². The maximum atomic E-state index is 13.6. The van der Waals surface area contributed by atoms with Gasteiger partial charge >= 0.3 is 5.97 Å². The molecule has 1 aliphatic rings. The van der Waals surface area contributed by atoms with Gasteiger partial charge in [0.15, 0.2) is 5.13 Å². The molecule has 0 unspecified atom stereocenters. The lowest BCUT2D eigenvalue weighted by atomic mass is 9.80. The van der Waals surface area contributed by atoms with Crippen molar-refractivity contribution in [3.8, 4) is 0 Å². The van der Waals surface area contributed by atoms with Crippen molar-refractivity contribution in [2.75, 3.05) is 18.5 Å². The number of nitrogens with two attached hydrogens (primary N) is 1. The highest BCUT2D eigenvalue weighted by Crippen LogP contribution is 2.42. The highest BCUT2D eigenvalue weighted by molar-refractivity contribution is 7.22. The van der Waals surface area contributed by atoms with Gasteiger partial charge in [-0.15, -0.1) is 0 Å². The number of benzene rings is 2. The molecule has 0 saturated carbocycles. The lowest BCUT2D eigenvalue weighted by molar-refractivity contribution is -0.144. The van der Waals surface area contributed by atoms with Crippen LogP contribution in [0.1, 0.15) is 23.1 Å². The number of anilines is 1. The van der Waals surface area contributed by atoms with Gasteiger partial charge in [0.1, 0.15) is 0 Å². The van der Waals surface area contributed by atoms with E-state index in [1.807, 2.05) is 54.6 Å². The monoisotopic (exact) mass is 421 g/mol. The van der Waals surface area contributed by atoms with Crippen molar-refractivity contribution in [1.82, 2.24) is 4.98 Å². The Morgan fingerprint density at radius 1 is 1.23 bits per heavy atom. The maximum Gasteiger partial charge on any atom is 0.304 e. The van der Waals surface area contributed by atoms with Crippen LogP contribution in [0.3, 0.4) is 0 Å². The van der Waals surface area contributed by atoms with E-state index in [4.69, 9.17) is 5.73 Å². The Bertz CT molecular complexity index is 1130. The lowest BCUT2D eigenvalue weighted by Crippen LogP contribution is -2.44. The summed E-state index contributed by atoms with van der Waals surface area (Å²) in [5, 5.41) is 10.1. The van der Waals surface area contributed by atoms with E-state index in [1.165, 1.54) is 16.2 Å². The fraction of sp³-hybridized carbons (Fsp3) is 0.261. The van der Waals surface area contributed by atoms with Crippen molar-refractivity contribution in [2.24, 2.45) is 11.1 Å². The minimum Gasteiger partial charge on any atom is -0.481 e. The summed E-state index contributed by atoms with van der Waals surface area (Å²) in [7, 11) is 1.68. The van der Waals surface area contributed by atoms with Crippen LogP contribution in [0.5, 0.6) is 0 Å². The topological polar surface area (TPSA) is 96.5 Å². The number of amides is 1. The van der Waals surface area contributed by atoms with Crippen LogP contribution >= 0.6 is 11.3 Å². The van der Waals surface area contributed by atoms with Crippen LogP contribution in [0.15, 0.2) is 48.5 Å². The summed E-state index contributed by atoms with van der Waals surface area (Å²) in [6.45, 7) is 0.470. The normalized spacial score (nSPS) is 14.9. The van der Waals surface area contributed by atoms with Gasteiger partial charge in [-0.05, 0) is 41.7 Å². The average molecular weight is 422 g/mol. The van der Waals surface area contributed by atoms with Gasteiger partial charge in [-0.1, -0.05) is 53.8 Å². The van der Waals surface area contributed by atoms with Gasteiger partial charge in [0.2, 0.25) is 5.91 Å². The van der Waals surface area contributed by atoms with Gasteiger partial charge in [0.25, 0.3) is 0 Å². The second-order valence-electron chi connectivity index (χ2n) is 7.70. The largest absolute Gasteiger partial charge is 0.481 e. The second-order valence-corrected chi connectivity index (χ2v) is 8.71. The molecule has 3 N–H and O–H groups in total. The molecule has 154 valence electrons. The molecule has 30 heavy (non-hydrogen) atoms. The molecule has 0 radical (unpaired) electrons. The number of carboxylic acid groups (broad SMARTS) is 1. The predicted octanol–water partition coefficient (Wildman–Crippen LogP) is 3.49. The third kappa shape index (κ3) is 3.74. The molecule has 0 spiro atoms. The van der Waals surface area contributed by atoms with E-state index < -0.39 is 11.4 Å². The molecule has 2 aromatic carbocycles. The fourth-order valence-electron chi connectivity index (χ4n) is 4.16. The van der Waals surface area contributed by atoms with E-state index in [0.29, 0.717) is 24.5 Å². The summed E-state index contributed by atoms with van der Waals surface area (Å²) in [5.74, 6) is -1.17. The summed E-state index contributed by atoms with van der Waals surface area (Å²) < 4.78 is 0.964. The zero-order chi connectivity index (χ0) is 21.3. The van der Waals surface area contributed by atoms with Gasteiger partial charge in [-0.2, -0.15) is 0 Å². The molecule has 0 saturated heterocycles. The number of carbonyl (C=O) groups is 2. The van der Waals surface area contributed by atoms with Crippen molar-refractivity contribution in [3.05, 3.63) is 65.2 Å². The molecule has 1 heterocycles. The number of carbonyl (C=O) groups excluding carboxylic acids is 1. The number of aromatic nitrogens is 1. The van der Waals surface area contributed by atoms with Gasteiger partial charge in [-0.25, -0.2) is 4.98 Å². The Balaban J connectivity index is 1.65. The minimum atomic E-state index is -0.989. The molecule has 1 amide bonds. The molecule has 4 rings (SSSR count). The number of aliphatic carboxylic acids is 1. The van der Waals surface area contributed by atoms with Crippen LogP contribution in [-0.4, -0.2) is 35.6 Å². The van der Waals surface area contributed by atoms with E-state index in [-0.39, 0.29) is 12.3 Å². The Labute approximate surface area is 178 Å². The Hall–Kier alpha value is -3.03. The Morgan fingerprint density at radius 3 is 2.57 bits per heavy atom. The number of hydrogen-bond acceptors (Lipinski definition) is 5. The molecule has 1 aromatic heterocycles. The number of nitrogens with zero attached hydrogens (tertiary/aromatic N) is 2. The van der Waals surface area contributed by atoms with E-state index in [0.717, 1.165) is 26.9 Å². The highest BCUT2D eigenvalue weighted by atomic mass is 32.1. The third-order valence-electron chi connectivity index (χ3n) is 5.56. The minimum absolute atomic E-state index is 0.205. The van der Waals surface area contributed by atoms with Crippen LogP contribution in [0.2, 0.25) is 0 Å². The van der Waals surface area contributed by atoms with Gasteiger partial charge in [0.05, 0.1) is 22.1 Å². The number of rotatable bonds is 6. The van der Waals surface area contributed by atoms with Crippen molar-refractivity contribution in [3.63, 3.8) is 0 Å². The summed E-state index contributed by atoms with van der Waals surface area (Å²) >= 11 is 1.42. The number of carboxylic acids is 1. The molecule has 0 fully saturated rings. The summed E-state index contributed by atoms with van der Waals surface area (Å²) in [6, 6.07) is 13.7. The maximum absolute atomic E-state index is 13.6. The lowest BCUT2D eigenvalue weighted by Gasteiger charge is -2.30. The first-order chi connectivity index (χ1) is 14.4. The first kappa shape index (κ1) is 20.3. The van der Waals surface area contributed by atoms with Crippen molar-refractivity contribution in [2.45, 2.75) is 19.3 Å². The quantitative estimate of drug-likeness (QED) is 0.635. The van der Waals surface area contributed by atoms with Gasteiger partial charge in [-0.3, -0.25) is 14.5 Å². The van der Waals surface area contributed by atoms with Crippen LogP contribution < -0.4 is 10.6 Å². The SMILES string of the molecule is CN(C(=O)C1(CC(=O)O)Cc2ccccc2C1)c1nc2ccc(/C=C/CN)cc2s1. The third-order valence-corrected chi connectivity index (χ3v) is 6.65. The second kappa shape index (κ2) is 8.01. The predicted molar refractivity (Wildman–Crippen MR) is 120 cm³/mol. The smallest absolute Gasteiger partial charge is 0.304 e. The van der Waals surface area contributed by atoms with E-state index in [2.05, 4.69) is 4.98 Å². The van der Waals surface area contributed by atoms with Crippen molar-refractivity contribution < 1.29 is 14.7 Å². The molecular weight excluding hydrogens is 398 g/mol. The van der Waals surface area contributed by atoms with Crippen molar-refractivity contribution >= 4 is 44.6 Å². The molecule has 0 aliphatic heterocycles. The molecule has 0 bridgehead atoms. The standard InChI is InChI=1S/C23H23N3O3S/c1-26(22-25-18-9-8-15(5-4-10-24)11-19(18)30-22)21(29)23(14-20(27)28)12-16-6-2-3-7-17(16)13-23/h2-9,11H,10,12-14,24H2,1H3,(H,27,28)/b5-4+. The van der Waals surface area contributed by atoms with Crippen molar-refractivity contribution in [1.29, 1.82) is 0 Å². The number of fused-ring (bicyclic) bond motifs is 2. The first-order valence-corrected chi connectivity index (χ1v) is 10.6. The molecule has 1 aliphatic carbocycles. The van der Waals surface area contributed by atoms with E-state index in [9.17, 15) is 14.7 Å². The van der Waals surface area contributed by atoms with E-state index >= 15 is 0 Å². The van der Waals surface area contributed by atoms with Gasteiger partial charge in [0, 0.05) is 13.6 Å². The summed E-state index contributed by atoms with van der Waals surface area (Å²) in [4.78, 5) is 31.3. The molecule has 6 nitrogen and oxygen atoms in total.